The Kier molecular flexibility index (Phi) is 14.5. The largest absolute Gasteiger partial charge is 0.308 e. The summed E-state index contributed by atoms with van der Waals surface area (Å²) in [5, 5.41) is 3.20. The molecule has 0 saturated heterocycles. The van der Waals surface area contributed by atoms with Gasteiger partial charge in [0.25, 0.3) is 0 Å². The number of nitrogens with one attached hydrogen (secondary N) is 1. The molecule has 0 aliphatic heterocycles. The molecule has 0 spiro atoms. The first kappa shape index (κ1) is 21.7. The molecule has 1 N–H and O–H groups in total. The van der Waals surface area contributed by atoms with E-state index in [1.165, 1.54) is 25.7 Å². The Hall–Kier alpha value is -0.630. The number of rotatable bonds is 10. The quantitative estimate of drug-likeness (QED) is 0.431. The molecule has 0 aromatic rings. The molecule has 0 saturated carbocycles. The third-order valence-electron chi connectivity index (χ3n) is 3.46. The van der Waals surface area contributed by atoms with E-state index in [2.05, 4.69) is 25.7 Å². The van der Waals surface area contributed by atoms with Crippen LogP contribution in [0.25, 0.3) is 0 Å². The highest BCUT2D eigenvalue weighted by molar-refractivity contribution is 5.89. The van der Waals surface area contributed by atoms with E-state index in [0.717, 1.165) is 19.3 Å². The van der Waals surface area contributed by atoms with E-state index in [1.54, 1.807) is 0 Å². The van der Waals surface area contributed by atoms with Crippen molar-refractivity contribution >= 4 is 5.78 Å². The maximum Gasteiger partial charge on any atom is 0.155 e. The number of allylic oxidation sites excluding steroid dienone is 1. The standard InChI is InChI=1S/C15H29NO.C3H8.H2/c1-6-7-8-9-10-11-12-15(4,16-5)14(17)13(2)3;1-3-2;/h6,13,16H,1,7-12H2,2-5H3;3H2,1-2H3;1H/t15-;;/m1../s1. The lowest BCUT2D eigenvalue weighted by atomic mass is 9.84. The molecule has 0 aromatic carbocycles. The van der Waals surface area contributed by atoms with Crippen LogP contribution in [-0.4, -0.2) is 18.4 Å². The lowest BCUT2D eigenvalue weighted by Gasteiger charge is -2.29. The van der Waals surface area contributed by atoms with Crippen LogP contribution in [0.2, 0.25) is 0 Å². The van der Waals surface area contributed by atoms with Crippen LogP contribution in [0.4, 0.5) is 0 Å². The molecule has 20 heavy (non-hydrogen) atoms. The summed E-state index contributed by atoms with van der Waals surface area (Å²) in [6.07, 6.45) is 10.0. The molecular weight excluding hydrogens is 246 g/mol. The van der Waals surface area contributed by atoms with E-state index in [-0.39, 0.29) is 12.9 Å². The van der Waals surface area contributed by atoms with E-state index >= 15 is 0 Å². The van der Waals surface area contributed by atoms with Crippen LogP contribution in [-0.2, 0) is 4.79 Å². The van der Waals surface area contributed by atoms with Crippen molar-refractivity contribution in [1.82, 2.24) is 5.32 Å². The fraction of sp³-hybridized carbons (Fsp3) is 0.833. The number of hydrogen-bond acceptors (Lipinski definition) is 2. The number of likely N-dealkylation sites (N-methyl/N-ethyl adjacent to an activating group) is 1. The van der Waals surface area contributed by atoms with Gasteiger partial charge >= 0.3 is 0 Å². The fourth-order valence-corrected chi connectivity index (χ4v) is 2.13. The van der Waals surface area contributed by atoms with Gasteiger partial charge in [0.05, 0.1) is 5.54 Å². The average Bonchev–Trinajstić information content (AvgIpc) is 2.42. The Morgan fingerprint density at radius 2 is 1.75 bits per heavy atom. The van der Waals surface area contributed by atoms with Crippen molar-refractivity contribution in [1.29, 1.82) is 0 Å². The second-order valence-corrected chi connectivity index (χ2v) is 6.05. The molecule has 0 bridgehead atoms. The smallest absolute Gasteiger partial charge is 0.155 e. The monoisotopic (exact) mass is 285 g/mol. The zero-order valence-electron chi connectivity index (χ0n) is 14.7. The molecular formula is C18H39NO. The first-order chi connectivity index (χ1) is 9.39. The summed E-state index contributed by atoms with van der Waals surface area (Å²) in [6.45, 7) is 13.9. The van der Waals surface area contributed by atoms with Crippen LogP contribution in [0.15, 0.2) is 12.7 Å². The van der Waals surface area contributed by atoms with Crippen LogP contribution >= 0.6 is 0 Å². The van der Waals surface area contributed by atoms with Crippen LogP contribution in [0.5, 0.6) is 0 Å². The van der Waals surface area contributed by atoms with Crippen molar-refractivity contribution < 1.29 is 6.22 Å². The normalized spacial score (nSPS) is 13.3. The predicted octanol–water partition coefficient (Wildman–Crippen LogP) is 5.38. The van der Waals surface area contributed by atoms with E-state index in [1.807, 2.05) is 33.9 Å². The van der Waals surface area contributed by atoms with Gasteiger partial charge in [-0.1, -0.05) is 59.5 Å². The molecule has 0 heterocycles. The Labute approximate surface area is 128 Å². The molecule has 0 aliphatic carbocycles. The lowest BCUT2D eigenvalue weighted by Crippen LogP contribution is -2.49. The predicted molar refractivity (Wildman–Crippen MR) is 93.3 cm³/mol. The van der Waals surface area contributed by atoms with Crippen molar-refractivity contribution in [3.63, 3.8) is 0 Å². The van der Waals surface area contributed by atoms with Gasteiger partial charge in [-0.3, -0.25) is 4.79 Å². The summed E-state index contributed by atoms with van der Waals surface area (Å²) >= 11 is 0. The highest BCUT2D eigenvalue weighted by Gasteiger charge is 2.31. The first-order valence-electron chi connectivity index (χ1n) is 8.23. The molecule has 2 nitrogen and oxygen atoms in total. The Morgan fingerprint density at radius 1 is 1.25 bits per heavy atom. The highest BCUT2D eigenvalue weighted by Crippen LogP contribution is 2.20. The minimum Gasteiger partial charge on any atom is -0.308 e. The van der Waals surface area contributed by atoms with Gasteiger partial charge in [0.1, 0.15) is 0 Å². The molecule has 2 heteroatoms. The second-order valence-electron chi connectivity index (χ2n) is 6.05. The molecule has 0 unspecified atom stereocenters. The SMILES string of the molecule is C=CCCCCCC[C@@](C)(NC)C(=O)C(C)C.CCC.[HH]. The topological polar surface area (TPSA) is 29.1 Å². The summed E-state index contributed by atoms with van der Waals surface area (Å²) < 4.78 is 0. The van der Waals surface area contributed by atoms with E-state index in [0.29, 0.717) is 5.78 Å². The van der Waals surface area contributed by atoms with Gasteiger partial charge in [0.2, 0.25) is 0 Å². The van der Waals surface area contributed by atoms with Crippen molar-refractivity contribution in [2.45, 2.75) is 85.1 Å². The average molecular weight is 286 g/mol. The van der Waals surface area contributed by atoms with Gasteiger partial charge in [-0.25, -0.2) is 0 Å². The molecule has 1 atom stereocenters. The van der Waals surface area contributed by atoms with Gasteiger partial charge < -0.3 is 5.32 Å². The van der Waals surface area contributed by atoms with E-state index in [4.69, 9.17) is 0 Å². The van der Waals surface area contributed by atoms with Crippen molar-refractivity contribution in [2.24, 2.45) is 5.92 Å². The summed E-state index contributed by atoms with van der Waals surface area (Å²) in [4.78, 5) is 12.1. The van der Waals surface area contributed by atoms with Gasteiger partial charge in [-0.15, -0.1) is 6.58 Å². The van der Waals surface area contributed by atoms with Crippen LogP contribution in [0, 0.1) is 5.92 Å². The van der Waals surface area contributed by atoms with Crippen molar-refractivity contribution in [3.8, 4) is 0 Å². The van der Waals surface area contributed by atoms with Crippen LogP contribution in [0.3, 0.4) is 0 Å². The molecule has 0 aromatic heterocycles. The van der Waals surface area contributed by atoms with E-state index < -0.39 is 0 Å². The van der Waals surface area contributed by atoms with E-state index in [9.17, 15) is 4.79 Å². The molecule has 122 valence electrons. The molecule has 0 rings (SSSR count). The molecule has 0 amide bonds. The van der Waals surface area contributed by atoms with Crippen molar-refractivity contribution in [3.05, 3.63) is 12.7 Å². The zero-order valence-corrected chi connectivity index (χ0v) is 14.7. The second kappa shape index (κ2) is 13.4. The maximum absolute atomic E-state index is 12.1. The first-order valence-corrected chi connectivity index (χ1v) is 8.23. The Balaban J connectivity index is -0.000000740. The summed E-state index contributed by atoms with van der Waals surface area (Å²) in [7, 11) is 1.89. The third-order valence-corrected chi connectivity index (χ3v) is 3.46. The minimum atomic E-state index is -0.341. The third kappa shape index (κ3) is 10.2. The zero-order chi connectivity index (χ0) is 16.0. The number of carbonyl (C=O) groups is 1. The van der Waals surface area contributed by atoms with Gasteiger partial charge in [-0.2, -0.15) is 0 Å². The van der Waals surface area contributed by atoms with Crippen molar-refractivity contribution in [2.75, 3.05) is 7.05 Å². The van der Waals surface area contributed by atoms with Crippen LogP contribution < -0.4 is 5.32 Å². The minimum absolute atomic E-state index is 0. The van der Waals surface area contributed by atoms with Gasteiger partial charge in [0.15, 0.2) is 5.78 Å². The number of hydrogen-bond donors (Lipinski definition) is 1. The number of carbonyl (C=O) groups excluding carboxylic acids is 1. The van der Waals surface area contributed by atoms with Crippen LogP contribution in [0.1, 0.15) is 81.0 Å². The fourth-order valence-electron chi connectivity index (χ4n) is 2.13. The summed E-state index contributed by atoms with van der Waals surface area (Å²) in [6, 6.07) is 0. The number of Topliss-reactive ketones (excluding diaryl/α,β-unsaturated/α-hetero) is 1. The number of ketones is 1. The number of unbranched alkanes of at least 4 members (excludes halogenated alkanes) is 4. The van der Waals surface area contributed by atoms with Gasteiger partial charge in [0, 0.05) is 7.34 Å². The summed E-state index contributed by atoms with van der Waals surface area (Å²) in [5.41, 5.74) is -0.341. The highest BCUT2D eigenvalue weighted by atomic mass is 16.1. The van der Waals surface area contributed by atoms with Gasteiger partial charge in [-0.05, 0) is 33.2 Å². The molecule has 0 radical (unpaired) electrons. The lowest BCUT2D eigenvalue weighted by molar-refractivity contribution is -0.128. The Morgan fingerprint density at radius 3 is 2.15 bits per heavy atom. The molecule has 0 fully saturated rings. The summed E-state index contributed by atoms with van der Waals surface area (Å²) in [5.74, 6) is 0.430. The molecule has 0 aliphatic rings. The Bertz CT molecular complexity index is 254. The maximum atomic E-state index is 12.1.